The second-order valence-electron chi connectivity index (χ2n) is 12.0. The summed E-state index contributed by atoms with van der Waals surface area (Å²) in [4.78, 5) is 59.8. The van der Waals surface area contributed by atoms with Crippen molar-refractivity contribution >= 4 is 40.7 Å². The van der Waals surface area contributed by atoms with Gasteiger partial charge in [-0.15, -0.1) is 0 Å². The number of benzene rings is 1. The van der Waals surface area contributed by atoms with Crippen molar-refractivity contribution in [3.8, 4) is 0 Å². The Kier molecular flexibility index (Phi) is 9.32. The molecule has 0 spiro atoms. The summed E-state index contributed by atoms with van der Waals surface area (Å²) in [6.07, 6.45) is 3.39. The quantitative estimate of drug-likeness (QED) is 0.461. The van der Waals surface area contributed by atoms with E-state index in [2.05, 4.69) is 10.7 Å². The summed E-state index contributed by atoms with van der Waals surface area (Å²) < 4.78 is 5.68. The Hall–Kier alpha value is -3.83. The van der Waals surface area contributed by atoms with Crippen molar-refractivity contribution in [2.45, 2.75) is 71.7 Å². The number of rotatable bonds is 2. The first-order valence-corrected chi connectivity index (χ1v) is 14.4. The van der Waals surface area contributed by atoms with Crippen LogP contribution in [0.25, 0.3) is 17.0 Å². The lowest BCUT2D eigenvalue weighted by Crippen LogP contribution is -2.62. The molecule has 1 aromatic heterocycles. The van der Waals surface area contributed by atoms with Gasteiger partial charge in [-0.3, -0.25) is 29.2 Å². The summed E-state index contributed by atoms with van der Waals surface area (Å²) in [5.74, 6) is -2.50. The lowest BCUT2D eigenvalue weighted by molar-refractivity contribution is -0.165. The number of pyridine rings is 1. The zero-order valence-electron chi connectivity index (χ0n) is 25.1. The Morgan fingerprint density at radius 3 is 2.52 bits per heavy atom. The number of aliphatic hydroxyl groups is 1. The largest absolute Gasteiger partial charge is 0.451 e. The van der Waals surface area contributed by atoms with E-state index in [0.717, 1.165) is 16.5 Å². The van der Waals surface area contributed by atoms with Gasteiger partial charge in [-0.2, -0.15) is 0 Å². The minimum Gasteiger partial charge on any atom is -0.451 e. The fraction of sp³-hybridized carbons (Fsp3) is 0.516. The molecule has 4 unspecified atom stereocenters. The number of carbonyl (C=O) groups is 4. The number of hydrogen-bond acceptors (Lipinski definition) is 8. The fourth-order valence-corrected chi connectivity index (χ4v) is 5.00. The lowest BCUT2D eigenvalue weighted by atomic mass is 9.92. The molecule has 2 aliphatic rings. The van der Waals surface area contributed by atoms with E-state index < -0.39 is 53.9 Å². The van der Waals surface area contributed by atoms with Gasteiger partial charge < -0.3 is 20.1 Å². The van der Waals surface area contributed by atoms with E-state index in [4.69, 9.17) is 9.72 Å². The fourth-order valence-electron chi connectivity index (χ4n) is 5.00. The van der Waals surface area contributed by atoms with Gasteiger partial charge in [-0.05, 0) is 57.2 Å². The van der Waals surface area contributed by atoms with Gasteiger partial charge in [0.25, 0.3) is 11.8 Å². The zero-order chi connectivity index (χ0) is 30.8. The Bertz CT molecular complexity index is 1390. The van der Waals surface area contributed by atoms with Crippen molar-refractivity contribution in [2.24, 2.45) is 11.3 Å². The summed E-state index contributed by atoms with van der Waals surface area (Å²) in [6, 6.07) is 7.32. The van der Waals surface area contributed by atoms with Gasteiger partial charge in [0.05, 0.1) is 29.3 Å². The average molecular weight is 580 g/mol. The summed E-state index contributed by atoms with van der Waals surface area (Å²) in [5.41, 5.74) is 4.19. The van der Waals surface area contributed by atoms with Gasteiger partial charge in [-0.1, -0.05) is 44.2 Å². The molecule has 0 saturated carbocycles. The maximum absolute atomic E-state index is 13.5. The SMILES string of the molecule is CC(C)C1OC(=O)C(C)(C)C=Cc2ccc3ccc(nc3c2)C(C)N(C)C(=O)C2CCCN(N2)C(=O)C(CO)NC1=O. The molecular weight excluding hydrogens is 538 g/mol. The van der Waals surface area contributed by atoms with Gasteiger partial charge >= 0.3 is 5.97 Å². The van der Waals surface area contributed by atoms with Gasteiger partial charge in [0.1, 0.15) is 12.1 Å². The predicted octanol–water partition coefficient (Wildman–Crippen LogP) is 2.35. The molecule has 4 rings (SSSR count). The third-order valence-corrected chi connectivity index (χ3v) is 7.96. The number of likely N-dealkylation sites (N-methyl/N-ethyl adjacent to an activating group) is 1. The molecule has 1 fully saturated rings. The van der Waals surface area contributed by atoms with Crippen LogP contribution >= 0.6 is 0 Å². The highest BCUT2D eigenvalue weighted by Gasteiger charge is 2.38. The molecule has 3 amide bonds. The first-order chi connectivity index (χ1) is 19.8. The number of amides is 3. The maximum atomic E-state index is 13.5. The molecular formula is C31H41N5O6. The molecule has 2 aliphatic heterocycles. The summed E-state index contributed by atoms with van der Waals surface area (Å²) in [6.45, 7) is 8.38. The molecule has 0 radical (unpaired) electrons. The van der Waals surface area contributed by atoms with Crippen molar-refractivity contribution in [1.29, 1.82) is 0 Å². The van der Waals surface area contributed by atoms with Crippen molar-refractivity contribution in [1.82, 2.24) is 25.6 Å². The monoisotopic (exact) mass is 579 g/mol. The molecule has 3 heterocycles. The van der Waals surface area contributed by atoms with Crippen LogP contribution in [0.5, 0.6) is 0 Å². The van der Waals surface area contributed by atoms with Crippen molar-refractivity contribution in [3.63, 3.8) is 0 Å². The van der Waals surface area contributed by atoms with Gasteiger partial charge in [0.2, 0.25) is 5.91 Å². The minimum atomic E-state index is -1.29. The summed E-state index contributed by atoms with van der Waals surface area (Å²) in [5, 5.41) is 14.8. The zero-order valence-corrected chi connectivity index (χ0v) is 25.1. The first-order valence-electron chi connectivity index (χ1n) is 14.4. The maximum Gasteiger partial charge on any atom is 0.316 e. The van der Waals surface area contributed by atoms with E-state index in [1.165, 1.54) is 5.01 Å². The van der Waals surface area contributed by atoms with E-state index in [0.29, 0.717) is 25.1 Å². The van der Waals surface area contributed by atoms with Crippen LogP contribution in [0.1, 0.15) is 64.8 Å². The number of hydrazine groups is 1. The number of nitrogens with one attached hydrogen (secondary N) is 2. The summed E-state index contributed by atoms with van der Waals surface area (Å²) in [7, 11) is 1.71. The third kappa shape index (κ3) is 6.63. The molecule has 1 aromatic carbocycles. The predicted molar refractivity (Wildman–Crippen MR) is 157 cm³/mol. The van der Waals surface area contributed by atoms with E-state index >= 15 is 0 Å². The Morgan fingerprint density at radius 1 is 1.12 bits per heavy atom. The molecule has 226 valence electrons. The van der Waals surface area contributed by atoms with Crippen molar-refractivity contribution in [3.05, 3.63) is 47.7 Å². The smallest absolute Gasteiger partial charge is 0.316 e. The van der Waals surface area contributed by atoms with Gasteiger partial charge in [-0.25, -0.2) is 5.43 Å². The Labute approximate surface area is 246 Å². The van der Waals surface area contributed by atoms with Crippen molar-refractivity contribution in [2.75, 3.05) is 20.2 Å². The van der Waals surface area contributed by atoms with E-state index in [1.54, 1.807) is 45.7 Å². The number of nitrogens with zero attached hydrogens (tertiary/aromatic N) is 3. The lowest BCUT2D eigenvalue weighted by Gasteiger charge is -2.37. The molecule has 0 aliphatic carbocycles. The molecule has 42 heavy (non-hydrogen) atoms. The topological polar surface area (TPSA) is 141 Å². The highest BCUT2D eigenvalue weighted by Crippen LogP contribution is 2.26. The normalized spacial score (nSPS) is 26.0. The van der Waals surface area contributed by atoms with Crippen LogP contribution in [0.15, 0.2) is 36.4 Å². The average Bonchev–Trinajstić information content (AvgIpc) is 2.98. The van der Waals surface area contributed by atoms with Crippen LogP contribution in [0.3, 0.4) is 0 Å². The number of cyclic esters (lactones) is 1. The standard InChI is InChI=1S/C31H41N5O6/c1-18(2)26-27(38)33-25(17-37)29(40)36-15-7-8-23(34-36)28(39)35(6)19(3)22-12-11-21-10-9-20(16-24(21)32-22)13-14-31(4,5)30(41)42-26/h9-14,16,18-19,23,25-26,34,37H,7-8,15,17H2,1-6H3,(H,33,38). The molecule has 2 aromatic rings. The molecule has 1 saturated heterocycles. The number of aliphatic hydroxyl groups excluding tert-OH is 1. The third-order valence-electron chi connectivity index (χ3n) is 7.96. The second kappa shape index (κ2) is 12.6. The number of hydrogen-bond donors (Lipinski definition) is 3. The van der Waals surface area contributed by atoms with Gasteiger partial charge in [0.15, 0.2) is 6.10 Å². The second-order valence-corrected chi connectivity index (χ2v) is 12.0. The Morgan fingerprint density at radius 2 is 1.83 bits per heavy atom. The van der Waals surface area contributed by atoms with Gasteiger partial charge in [0, 0.05) is 19.0 Å². The summed E-state index contributed by atoms with van der Waals surface area (Å²) >= 11 is 0. The van der Waals surface area contributed by atoms with Crippen molar-refractivity contribution < 1.29 is 29.0 Å². The van der Waals surface area contributed by atoms with Crippen LogP contribution in [-0.4, -0.2) is 82.1 Å². The van der Waals surface area contributed by atoms with Crippen LogP contribution in [0, 0.1) is 11.3 Å². The van der Waals surface area contributed by atoms with Crippen LogP contribution in [0.4, 0.5) is 0 Å². The number of fused-ring (bicyclic) bond motifs is 4. The number of aromatic nitrogens is 1. The van der Waals surface area contributed by atoms with Crippen LogP contribution < -0.4 is 10.7 Å². The molecule has 11 heteroatoms. The van der Waals surface area contributed by atoms with E-state index in [1.807, 2.05) is 43.3 Å². The molecule has 3 N–H and O–H groups in total. The van der Waals surface area contributed by atoms with Crippen LogP contribution in [-0.2, 0) is 23.9 Å². The Balaban J connectivity index is 1.75. The van der Waals surface area contributed by atoms with E-state index in [-0.39, 0.29) is 11.9 Å². The minimum absolute atomic E-state index is 0.205. The molecule has 4 atom stereocenters. The van der Waals surface area contributed by atoms with E-state index in [9.17, 15) is 24.3 Å². The number of ether oxygens (including phenoxy) is 1. The molecule has 5 bridgehead atoms. The molecule has 11 nitrogen and oxygen atoms in total. The number of esters is 1. The highest BCUT2D eigenvalue weighted by molar-refractivity contribution is 5.92. The highest BCUT2D eigenvalue weighted by atomic mass is 16.5. The number of carbonyl (C=O) groups excluding carboxylic acids is 4. The van der Waals surface area contributed by atoms with Crippen LogP contribution in [0.2, 0.25) is 0 Å². The first kappa shape index (κ1) is 31.1.